The summed E-state index contributed by atoms with van der Waals surface area (Å²) in [6.45, 7) is 0. The van der Waals surface area contributed by atoms with Crippen molar-refractivity contribution in [3.63, 3.8) is 0 Å². The third kappa shape index (κ3) is 2.79. The maximum absolute atomic E-state index is 11.9. The summed E-state index contributed by atoms with van der Waals surface area (Å²) in [6, 6.07) is 22.4. The maximum Gasteiger partial charge on any atom is 0.805 e. The van der Waals surface area contributed by atoms with E-state index in [-0.39, 0.29) is 0 Å². The van der Waals surface area contributed by atoms with Crippen LogP contribution in [-0.2, 0) is 4.57 Å². The maximum atomic E-state index is 11.9. The summed E-state index contributed by atoms with van der Waals surface area (Å²) in [4.78, 5) is 0. The molecule has 3 nitrogen and oxygen atoms in total. The fourth-order valence-electron chi connectivity index (χ4n) is 1.94. The molecule has 1 atom stereocenters. The normalized spacial score (nSPS) is 11.1. The highest BCUT2D eigenvalue weighted by atomic mass is 31.1. The first-order valence-electron chi connectivity index (χ1n) is 6.19. The fraction of sp³-hybridized carbons (Fsp3) is 0. The van der Waals surface area contributed by atoms with Gasteiger partial charge in [-0.2, -0.15) is 0 Å². The summed E-state index contributed by atoms with van der Waals surface area (Å²) in [7, 11) is -2.26. The number of hydrogen-bond donors (Lipinski definition) is 0. The summed E-state index contributed by atoms with van der Waals surface area (Å²) in [6.07, 6.45) is 0. The smallest absolute Gasteiger partial charge is 0.222 e. The van der Waals surface area contributed by atoms with Crippen LogP contribution >= 0.6 is 8.25 Å². The summed E-state index contributed by atoms with van der Waals surface area (Å²) >= 11 is 0. The molecule has 0 saturated heterocycles. The van der Waals surface area contributed by atoms with Gasteiger partial charge < -0.3 is 0 Å². The van der Waals surface area contributed by atoms with Gasteiger partial charge in [-0.25, -0.2) is 9.05 Å². The lowest BCUT2D eigenvalue weighted by molar-refractivity contribution is 0.417. The second-order valence-electron chi connectivity index (χ2n) is 4.20. The Balaban J connectivity index is 1.81. The van der Waals surface area contributed by atoms with Crippen molar-refractivity contribution >= 4 is 19.0 Å². The van der Waals surface area contributed by atoms with Gasteiger partial charge in [-0.05, 0) is 23.6 Å². The van der Waals surface area contributed by atoms with E-state index in [9.17, 15) is 4.57 Å². The molecule has 0 N–H and O–H groups in total. The minimum absolute atomic E-state index is 0.522. The van der Waals surface area contributed by atoms with Crippen LogP contribution in [0, 0.1) is 0 Å². The summed E-state index contributed by atoms with van der Waals surface area (Å²) < 4.78 is 22.6. The van der Waals surface area contributed by atoms with Crippen molar-refractivity contribution in [3.8, 4) is 11.5 Å². The van der Waals surface area contributed by atoms with Gasteiger partial charge in [0.25, 0.3) is 0 Å². The van der Waals surface area contributed by atoms with Gasteiger partial charge >= 0.3 is 8.25 Å². The van der Waals surface area contributed by atoms with Crippen molar-refractivity contribution in [2.45, 2.75) is 0 Å². The largest absolute Gasteiger partial charge is 0.805 e. The molecule has 98 valence electrons. The van der Waals surface area contributed by atoms with E-state index in [1.54, 1.807) is 18.2 Å². The van der Waals surface area contributed by atoms with E-state index in [0.29, 0.717) is 11.5 Å². The molecule has 0 bridgehead atoms. The Kier molecular flexibility index (Phi) is 3.62. The number of fused-ring (bicyclic) bond motifs is 1. The highest BCUT2D eigenvalue weighted by molar-refractivity contribution is 7.34. The van der Waals surface area contributed by atoms with E-state index in [0.717, 1.165) is 10.8 Å². The van der Waals surface area contributed by atoms with Gasteiger partial charge in [0.05, 0.1) is 0 Å². The lowest BCUT2D eigenvalue weighted by Crippen LogP contribution is -1.89. The average molecular weight is 283 g/mol. The first-order valence-corrected chi connectivity index (χ1v) is 7.28. The Morgan fingerprint density at radius 2 is 1.40 bits per heavy atom. The molecule has 0 saturated carbocycles. The van der Waals surface area contributed by atoms with E-state index in [4.69, 9.17) is 9.05 Å². The lowest BCUT2D eigenvalue weighted by Gasteiger charge is -2.00. The molecular formula is C16H12O3P+. The van der Waals surface area contributed by atoms with Crippen molar-refractivity contribution in [2.24, 2.45) is 0 Å². The first kappa shape index (κ1) is 12.6. The zero-order valence-electron chi connectivity index (χ0n) is 10.6. The number of benzene rings is 3. The third-order valence-corrected chi connectivity index (χ3v) is 3.55. The van der Waals surface area contributed by atoms with Gasteiger partial charge in [0.1, 0.15) is 0 Å². The number of para-hydroxylation sites is 1. The highest BCUT2D eigenvalue weighted by Crippen LogP contribution is 2.34. The van der Waals surface area contributed by atoms with Crippen molar-refractivity contribution in [1.82, 2.24) is 0 Å². The molecule has 1 unspecified atom stereocenters. The molecule has 0 amide bonds. The molecule has 0 aliphatic rings. The van der Waals surface area contributed by atoms with Gasteiger partial charge in [-0.1, -0.05) is 54.6 Å². The van der Waals surface area contributed by atoms with Crippen LogP contribution in [-0.4, -0.2) is 0 Å². The van der Waals surface area contributed by atoms with Crippen LogP contribution in [0.1, 0.15) is 0 Å². The molecular weight excluding hydrogens is 271 g/mol. The fourth-order valence-corrected chi connectivity index (χ4v) is 2.59. The standard InChI is InChI=1S/C16H12O3P/c17-20(18-14-9-2-1-3-10-14)19-16-12-6-8-13-7-4-5-11-15(13)16/h1-12H/q+1. The van der Waals surface area contributed by atoms with Crippen LogP contribution in [0.2, 0.25) is 0 Å². The molecule has 20 heavy (non-hydrogen) atoms. The summed E-state index contributed by atoms with van der Waals surface area (Å²) in [5.74, 6) is 1.08. The molecule has 0 aliphatic heterocycles. The van der Waals surface area contributed by atoms with Crippen LogP contribution < -0.4 is 9.05 Å². The van der Waals surface area contributed by atoms with Gasteiger partial charge in [0, 0.05) is 9.95 Å². The Morgan fingerprint density at radius 1 is 0.700 bits per heavy atom. The van der Waals surface area contributed by atoms with Gasteiger partial charge in [0.15, 0.2) is 11.5 Å². The van der Waals surface area contributed by atoms with Crippen molar-refractivity contribution < 1.29 is 13.6 Å². The Hall–Kier alpha value is -2.38. The molecule has 3 rings (SSSR count). The van der Waals surface area contributed by atoms with Crippen LogP contribution in [0.15, 0.2) is 72.8 Å². The van der Waals surface area contributed by atoms with E-state index >= 15 is 0 Å². The quantitative estimate of drug-likeness (QED) is 0.635. The molecule has 0 aromatic heterocycles. The Bertz CT molecular complexity index is 736. The van der Waals surface area contributed by atoms with E-state index < -0.39 is 8.25 Å². The zero-order valence-corrected chi connectivity index (χ0v) is 11.5. The molecule has 0 spiro atoms. The number of rotatable bonds is 4. The third-order valence-electron chi connectivity index (χ3n) is 2.85. The molecule has 4 heteroatoms. The molecule has 3 aromatic rings. The molecule has 0 radical (unpaired) electrons. The van der Waals surface area contributed by atoms with Gasteiger partial charge in [-0.3, -0.25) is 0 Å². The SMILES string of the molecule is O=[P+](Oc1ccccc1)Oc1cccc2ccccc12. The van der Waals surface area contributed by atoms with Crippen LogP contribution in [0.5, 0.6) is 11.5 Å². The van der Waals surface area contributed by atoms with E-state index in [1.807, 2.05) is 54.6 Å². The minimum atomic E-state index is -2.26. The molecule has 0 aliphatic carbocycles. The zero-order chi connectivity index (χ0) is 13.8. The Labute approximate surface area is 117 Å². The van der Waals surface area contributed by atoms with Gasteiger partial charge in [-0.15, -0.1) is 0 Å². The second-order valence-corrected chi connectivity index (χ2v) is 5.01. The molecule has 0 heterocycles. The van der Waals surface area contributed by atoms with Crippen molar-refractivity contribution in [2.75, 3.05) is 0 Å². The van der Waals surface area contributed by atoms with E-state index in [2.05, 4.69) is 0 Å². The van der Waals surface area contributed by atoms with Gasteiger partial charge in [0.2, 0.25) is 0 Å². The van der Waals surface area contributed by atoms with Crippen LogP contribution in [0.3, 0.4) is 0 Å². The summed E-state index contributed by atoms with van der Waals surface area (Å²) in [5.41, 5.74) is 0. The van der Waals surface area contributed by atoms with Crippen molar-refractivity contribution in [3.05, 3.63) is 72.8 Å². The Morgan fingerprint density at radius 3 is 2.25 bits per heavy atom. The minimum Gasteiger partial charge on any atom is -0.222 e. The first-order chi connectivity index (χ1) is 9.83. The van der Waals surface area contributed by atoms with Crippen LogP contribution in [0.25, 0.3) is 10.8 Å². The monoisotopic (exact) mass is 283 g/mol. The number of hydrogen-bond acceptors (Lipinski definition) is 3. The molecule has 0 fully saturated rings. The topological polar surface area (TPSA) is 35.5 Å². The van der Waals surface area contributed by atoms with Crippen molar-refractivity contribution in [1.29, 1.82) is 0 Å². The highest BCUT2D eigenvalue weighted by Gasteiger charge is 2.24. The lowest BCUT2D eigenvalue weighted by atomic mass is 10.1. The van der Waals surface area contributed by atoms with E-state index in [1.165, 1.54) is 0 Å². The second kappa shape index (κ2) is 5.72. The average Bonchev–Trinajstić information content (AvgIpc) is 2.48. The van der Waals surface area contributed by atoms with Crippen LogP contribution in [0.4, 0.5) is 0 Å². The molecule has 3 aromatic carbocycles. The predicted octanol–water partition coefficient (Wildman–Crippen LogP) is 4.96. The predicted molar refractivity (Wildman–Crippen MR) is 79.3 cm³/mol. The summed E-state index contributed by atoms with van der Waals surface area (Å²) in [5, 5.41) is 1.95.